The number of carbonyl (C=O) groups excluding carboxylic acids is 1. The molecule has 0 saturated heterocycles. The van der Waals surface area contributed by atoms with Crippen molar-refractivity contribution in [1.29, 1.82) is 0 Å². The highest BCUT2D eigenvalue weighted by molar-refractivity contribution is 7.47. The lowest BCUT2D eigenvalue weighted by molar-refractivity contribution is -0.870. The second kappa shape index (κ2) is 23.2. The fraction of sp³-hybridized carbons (Fsp3) is 0.700. The summed E-state index contributed by atoms with van der Waals surface area (Å²) >= 11 is 0. The molecule has 0 spiro atoms. The van der Waals surface area contributed by atoms with Crippen molar-refractivity contribution in [3.63, 3.8) is 0 Å². The van der Waals surface area contributed by atoms with E-state index in [1.165, 1.54) is 0 Å². The molecule has 0 bridgehead atoms. The lowest BCUT2D eigenvalue weighted by Gasteiger charge is -2.25. The second-order valence-corrected chi connectivity index (χ2v) is 12.2. The summed E-state index contributed by atoms with van der Waals surface area (Å²) in [5.41, 5.74) is 0. The highest BCUT2D eigenvalue weighted by Gasteiger charge is 2.27. The van der Waals surface area contributed by atoms with Gasteiger partial charge in [-0.2, -0.15) is 0 Å². The number of carbonyl (C=O) groups is 1. The van der Waals surface area contributed by atoms with E-state index in [1.807, 2.05) is 27.2 Å². The average Bonchev–Trinajstić information content (AvgIpc) is 2.86. The summed E-state index contributed by atoms with van der Waals surface area (Å²) in [6, 6.07) is -0.855. The van der Waals surface area contributed by atoms with E-state index in [9.17, 15) is 19.4 Å². The van der Waals surface area contributed by atoms with Crippen LogP contribution in [-0.4, -0.2) is 73.4 Å². The van der Waals surface area contributed by atoms with E-state index in [1.54, 1.807) is 6.08 Å². The van der Waals surface area contributed by atoms with Crippen LogP contribution in [0.1, 0.15) is 84.5 Å². The van der Waals surface area contributed by atoms with Gasteiger partial charge in [0.05, 0.1) is 39.9 Å². The molecule has 3 N–H and O–H groups in total. The molecule has 0 aliphatic heterocycles. The number of likely N-dealkylation sites (N-methyl/N-ethyl adjacent to an activating group) is 1. The molecule has 0 aromatic rings. The number of nitrogens with one attached hydrogen (secondary N) is 1. The summed E-state index contributed by atoms with van der Waals surface area (Å²) in [6.45, 7) is 4.46. The van der Waals surface area contributed by atoms with E-state index in [0.717, 1.165) is 64.2 Å². The minimum atomic E-state index is -4.31. The first-order chi connectivity index (χ1) is 18.5. The molecule has 3 atom stereocenters. The Bertz CT molecular complexity index is 789. The first-order valence-corrected chi connectivity index (χ1v) is 16.0. The number of allylic oxidation sites excluding steroid dienone is 7. The summed E-state index contributed by atoms with van der Waals surface area (Å²) in [7, 11) is 1.53. The molecule has 3 unspecified atom stereocenters. The van der Waals surface area contributed by atoms with Crippen molar-refractivity contribution in [2.75, 3.05) is 40.9 Å². The number of quaternary nitrogens is 1. The summed E-state index contributed by atoms with van der Waals surface area (Å²) in [5.74, 6) is -0.221. The Morgan fingerprint density at radius 2 is 1.54 bits per heavy atom. The van der Waals surface area contributed by atoms with Gasteiger partial charge in [0.2, 0.25) is 5.91 Å². The van der Waals surface area contributed by atoms with Gasteiger partial charge < -0.3 is 19.8 Å². The van der Waals surface area contributed by atoms with Crippen LogP contribution in [0, 0.1) is 0 Å². The highest BCUT2D eigenvalue weighted by Crippen LogP contribution is 2.43. The summed E-state index contributed by atoms with van der Waals surface area (Å²) in [4.78, 5) is 22.6. The van der Waals surface area contributed by atoms with Crippen molar-refractivity contribution in [2.45, 2.75) is 96.6 Å². The van der Waals surface area contributed by atoms with Crippen LogP contribution in [0.2, 0.25) is 0 Å². The van der Waals surface area contributed by atoms with Crippen LogP contribution in [-0.2, 0) is 18.4 Å². The van der Waals surface area contributed by atoms with Crippen molar-refractivity contribution in [3.05, 3.63) is 48.6 Å². The Labute approximate surface area is 238 Å². The number of phosphoric ester groups is 1. The van der Waals surface area contributed by atoms with Crippen LogP contribution >= 0.6 is 7.82 Å². The van der Waals surface area contributed by atoms with E-state index >= 15 is 0 Å². The average molecular weight is 572 g/mol. The minimum Gasteiger partial charge on any atom is -0.387 e. The molecule has 0 aliphatic rings. The highest BCUT2D eigenvalue weighted by atomic mass is 31.2. The molecule has 0 fully saturated rings. The Hall–Kier alpha value is -1.54. The van der Waals surface area contributed by atoms with Crippen molar-refractivity contribution in [3.8, 4) is 0 Å². The molecule has 0 rings (SSSR count). The Balaban J connectivity index is 4.55. The second-order valence-electron chi connectivity index (χ2n) is 10.7. The van der Waals surface area contributed by atoms with Gasteiger partial charge in [0.1, 0.15) is 13.2 Å². The van der Waals surface area contributed by atoms with Gasteiger partial charge in [-0.15, -0.1) is 0 Å². The van der Waals surface area contributed by atoms with Crippen LogP contribution < -0.4 is 5.32 Å². The lowest BCUT2D eigenvalue weighted by Crippen LogP contribution is -2.45. The zero-order chi connectivity index (χ0) is 29.4. The summed E-state index contributed by atoms with van der Waals surface area (Å²) in [6.07, 6.45) is 25.2. The van der Waals surface area contributed by atoms with Crippen LogP contribution in [0.5, 0.6) is 0 Å². The molecule has 0 aliphatic carbocycles. The van der Waals surface area contributed by atoms with Crippen molar-refractivity contribution in [1.82, 2.24) is 5.32 Å². The fourth-order valence-corrected chi connectivity index (χ4v) is 4.13. The fourth-order valence-electron chi connectivity index (χ4n) is 3.39. The van der Waals surface area contributed by atoms with Crippen LogP contribution in [0.15, 0.2) is 48.6 Å². The Kier molecular flexibility index (Phi) is 22.3. The third-order valence-corrected chi connectivity index (χ3v) is 6.79. The van der Waals surface area contributed by atoms with Crippen LogP contribution in [0.4, 0.5) is 0 Å². The van der Waals surface area contributed by atoms with Gasteiger partial charge in [0.25, 0.3) is 0 Å². The molecule has 0 saturated carbocycles. The molecular weight excluding hydrogens is 515 g/mol. The molecule has 39 heavy (non-hydrogen) atoms. The zero-order valence-corrected chi connectivity index (χ0v) is 26.0. The first kappa shape index (κ1) is 37.5. The number of aliphatic hydroxyl groups excluding tert-OH is 1. The zero-order valence-electron chi connectivity index (χ0n) is 25.1. The van der Waals surface area contributed by atoms with E-state index < -0.39 is 20.0 Å². The number of amides is 1. The number of unbranched alkanes of at least 4 members (excludes halogenated alkanes) is 5. The Morgan fingerprint density at radius 1 is 0.897 bits per heavy atom. The number of hydrogen-bond donors (Lipinski definition) is 3. The largest absolute Gasteiger partial charge is 0.472 e. The summed E-state index contributed by atoms with van der Waals surface area (Å²) < 4.78 is 23.1. The van der Waals surface area contributed by atoms with E-state index in [4.69, 9.17) is 9.05 Å². The molecule has 0 radical (unpaired) electrons. The maximum absolute atomic E-state index is 12.5. The topological polar surface area (TPSA) is 105 Å². The molecule has 0 heterocycles. The number of phosphoric acid groups is 1. The minimum absolute atomic E-state index is 0.0519. The Morgan fingerprint density at radius 3 is 2.18 bits per heavy atom. The maximum atomic E-state index is 12.5. The number of hydrogen-bond acceptors (Lipinski definition) is 5. The predicted octanol–water partition coefficient (Wildman–Crippen LogP) is 6.23. The number of nitrogens with zero attached hydrogens (tertiary/aromatic N) is 1. The van der Waals surface area contributed by atoms with Crippen molar-refractivity contribution < 1.29 is 32.9 Å². The van der Waals surface area contributed by atoms with Gasteiger partial charge in [-0.3, -0.25) is 13.8 Å². The third kappa shape index (κ3) is 25.2. The molecule has 8 nitrogen and oxygen atoms in total. The van der Waals surface area contributed by atoms with Crippen molar-refractivity contribution >= 4 is 13.7 Å². The van der Waals surface area contributed by atoms with Gasteiger partial charge in [0.15, 0.2) is 0 Å². The SMILES string of the molecule is CC/C=C\C/C=C\C/C=C\CCCCCC(=O)NC(COP(=O)(O)OCC[N+](C)(C)C)C(O)/C=C/CCCC. The van der Waals surface area contributed by atoms with Crippen molar-refractivity contribution in [2.24, 2.45) is 0 Å². The molecule has 226 valence electrons. The normalized spacial score (nSPS) is 16.0. The van der Waals surface area contributed by atoms with Crippen LogP contribution in [0.25, 0.3) is 0 Å². The lowest BCUT2D eigenvalue weighted by atomic mass is 10.1. The van der Waals surface area contributed by atoms with Gasteiger partial charge in [-0.1, -0.05) is 81.7 Å². The van der Waals surface area contributed by atoms with Gasteiger partial charge in [0, 0.05) is 6.42 Å². The maximum Gasteiger partial charge on any atom is 0.472 e. The molecule has 9 heteroatoms. The third-order valence-electron chi connectivity index (χ3n) is 5.80. The van der Waals surface area contributed by atoms with Gasteiger partial charge >= 0.3 is 7.82 Å². The predicted molar refractivity (Wildman–Crippen MR) is 161 cm³/mol. The molecule has 1 amide bonds. The quantitative estimate of drug-likeness (QED) is 0.0549. The monoisotopic (exact) mass is 571 g/mol. The molecular formula is C30H56N2O6P+. The summed E-state index contributed by atoms with van der Waals surface area (Å²) in [5, 5.41) is 13.4. The van der Waals surface area contributed by atoms with Gasteiger partial charge in [-0.25, -0.2) is 4.57 Å². The van der Waals surface area contributed by atoms with E-state index in [-0.39, 0.29) is 19.1 Å². The smallest absolute Gasteiger partial charge is 0.387 e. The van der Waals surface area contributed by atoms with Gasteiger partial charge in [-0.05, 0) is 44.9 Å². The standard InChI is InChI=1S/C30H55N2O6P/c1-6-8-10-12-13-14-15-16-17-18-19-20-22-24-30(34)31-28(29(33)23-21-11-9-7-2)27-38-39(35,36)37-26-25-32(3,4)5/h8,10,13-14,16-17,21,23,28-29,33H,6-7,9,11-12,15,18-20,22,24-27H2,1-5H3,(H-,31,34,35,36)/p+1/b10-8-,14-13-,17-16-,23-21+. The first-order valence-electron chi connectivity index (χ1n) is 14.5. The van der Waals surface area contributed by atoms with E-state index in [0.29, 0.717) is 17.4 Å². The number of aliphatic hydroxyl groups is 1. The van der Waals surface area contributed by atoms with E-state index in [2.05, 4.69) is 55.6 Å². The molecule has 0 aromatic heterocycles. The van der Waals surface area contributed by atoms with Crippen LogP contribution in [0.3, 0.4) is 0 Å². The molecule has 0 aromatic carbocycles. The number of rotatable bonds is 24.